The van der Waals surface area contributed by atoms with Crippen LogP contribution in [0.2, 0.25) is 0 Å². The van der Waals surface area contributed by atoms with Gasteiger partial charge in [-0.05, 0) is 68.7 Å². The van der Waals surface area contributed by atoms with Crippen molar-refractivity contribution in [3.05, 3.63) is 70.8 Å². The number of nitrogens with one attached hydrogen (secondary N) is 2. The Hall–Kier alpha value is -3.08. The lowest BCUT2D eigenvalue weighted by Gasteiger charge is -2.15. The molecule has 31 heavy (non-hydrogen) atoms. The minimum atomic E-state index is -0.504. The highest BCUT2D eigenvalue weighted by Crippen LogP contribution is 2.22. The van der Waals surface area contributed by atoms with E-state index in [1.165, 1.54) is 31.3 Å². The number of amides is 1. The molecule has 0 fully saturated rings. The fourth-order valence-corrected chi connectivity index (χ4v) is 3.89. The molecule has 0 heterocycles. The third kappa shape index (κ3) is 6.45. The summed E-state index contributed by atoms with van der Waals surface area (Å²) in [7, 11) is 0. The number of para-hydroxylation sites is 2. The van der Waals surface area contributed by atoms with Crippen LogP contribution >= 0.6 is 0 Å². The summed E-state index contributed by atoms with van der Waals surface area (Å²) in [6.45, 7) is 4.44. The molecule has 0 saturated carbocycles. The monoisotopic (exact) mass is 420 g/mol. The zero-order valence-corrected chi connectivity index (χ0v) is 18.5. The summed E-state index contributed by atoms with van der Waals surface area (Å²) >= 11 is 0. The predicted molar refractivity (Wildman–Crippen MR) is 126 cm³/mol. The van der Waals surface area contributed by atoms with Gasteiger partial charge in [0.2, 0.25) is 0 Å². The fourth-order valence-electron chi connectivity index (χ4n) is 3.89. The van der Waals surface area contributed by atoms with Gasteiger partial charge in [-0.25, -0.2) is 4.79 Å². The summed E-state index contributed by atoms with van der Waals surface area (Å²) in [5.41, 5.74) is 5.50. The van der Waals surface area contributed by atoms with Gasteiger partial charge in [0, 0.05) is 17.9 Å². The first-order chi connectivity index (χ1) is 15.1. The van der Waals surface area contributed by atoms with Crippen LogP contribution in [-0.4, -0.2) is 25.0 Å². The smallest absolute Gasteiger partial charge is 0.340 e. The number of aryl methyl sites for hydroxylation is 2. The molecule has 0 radical (unpaired) electrons. The standard InChI is InChI=1S/C26H32N2O3/c1-3-21-13-9-10-19(2)25(21)28-24(29)18-31-26(30)22-14-7-8-15-23(22)27-17-16-20-11-5-4-6-12-20/h7-11,13-15,27H,3-6,12,16-18H2,1-2H3,(H,28,29). The van der Waals surface area contributed by atoms with Gasteiger partial charge in [-0.2, -0.15) is 0 Å². The van der Waals surface area contributed by atoms with Crippen LogP contribution in [0, 0.1) is 6.92 Å². The second kappa shape index (κ2) is 11.3. The molecule has 1 aliphatic carbocycles. The van der Waals surface area contributed by atoms with Gasteiger partial charge in [-0.3, -0.25) is 4.79 Å². The Balaban J connectivity index is 1.54. The highest BCUT2D eigenvalue weighted by Gasteiger charge is 2.15. The quantitative estimate of drug-likeness (QED) is 0.406. The normalized spacial score (nSPS) is 13.3. The molecular formula is C26H32N2O3. The predicted octanol–water partition coefficient (Wildman–Crippen LogP) is 5.66. The summed E-state index contributed by atoms with van der Waals surface area (Å²) < 4.78 is 5.31. The number of hydrogen-bond acceptors (Lipinski definition) is 4. The molecule has 0 aliphatic heterocycles. The topological polar surface area (TPSA) is 67.4 Å². The van der Waals surface area contributed by atoms with Crippen molar-refractivity contribution in [3.63, 3.8) is 0 Å². The largest absolute Gasteiger partial charge is 0.452 e. The zero-order chi connectivity index (χ0) is 22.1. The molecule has 2 N–H and O–H groups in total. The van der Waals surface area contributed by atoms with Crippen LogP contribution in [0.1, 0.15) is 60.5 Å². The summed E-state index contributed by atoms with van der Waals surface area (Å²) in [6, 6.07) is 13.2. The van der Waals surface area contributed by atoms with Crippen molar-refractivity contribution in [2.75, 3.05) is 23.8 Å². The first-order valence-corrected chi connectivity index (χ1v) is 11.1. The Bertz CT molecular complexity index is 949. The zero-order valence-electron chi connectivity index (χ0n) is 18.5. The van der Waals surface area contributed by atoms with Crippen LogP contribution in [0.3, 0.4) is 0 Å². The maximum absolute atomic E-state index is 12.6. The molecule has 0 spiro atoms. The maximum atomic E-state index is 12.6. The van der Waals surface area contributed by atoms with E-state index < -0.39 is 5.97 Å². The van der Waals surface area contributed by atoms with Crippen molar-refractivity contribution in [2.45, 2.75) is 52.4 Å². The number of allylic oxidation sites excluding steroid dienone is 1. The van der Waals surface area contributed by atoms with Gasteiger partial charge in [-0.15, -0.1) is 0 Å². The minimum Gasteiger partial charge on any atom is -0.452 e. The van der Waals surface area contributed by atoms with E-state index >= 15 is 0 Å². The molecule has 1 aliphatic rings. The number of ether oxygens (including phenoxy) is 1. The third-order valence-electron chi connectivity index (χ3n) is 5.63. The fraction of sp³-hybridized carbons (Fsp3) is 0.385. The maximum Gasteiger partial charge on any atom is 0.340 e. The van der Waals surface area contributed by atoms with Gasteiger partial charge in [0.05, 0.1) is 5.56 Å². The minimum absolute atomic E-state index is 0.322. The molecule has 0 saturated heterocycles. The molecule has 0 unspecified atom stereocenters. The Labute approximate surface area is 184 Å². The lowest BCUT2D eigenvalue weighted by Crippen LogP contribution is -2.22. The second-order valence-corrected chi connectivity index (χ2v) is 7.92. The van der Waals surface area contributed by atoms with Crippen LogP contribution in [0.5, 0.6) is 0 Å². The lowest BCUT2D eigenvalue weighted by atomic mass is 9.97. The Morgan fingerprint density at radius 1 is 1.06 bits per heavy atom. The molecule has 2 aromatic rings. The van der Waals surface area contributed by atoms with E-state index in [1.54, 1.807) is 12.1 Å². The van der Waals surface area contributed by atoms with Crippen molar-refractivity contribution in [3.8, 4) is 0 Å². The van der Waals surface area contributed by atoms with E-state index in [1.807, 2.05) is 44.2 Å². The van der Waals surface area contributed by atoms with Crippen molar-refractivity contribution in [1.29, 1.82) is 0 Å². The van der Waals surface area contributed by atoms with Crippen LogP contribution in [0.25, 0.3) is 0 Å². The Kier molecular flexibility index (Phi) is 8.27. The van der Waals surface area contributed by atoms with Gasteiger partial charge in [-0.1, -0.05) is 48.9 Å². The molecule has 1 amide bonds. The average molecular weight is 421 g/mol. The molecule has 5 heteroatoms. The number of benzene rings is 2. The van der Waals surface area contributed by atoms with Crippen LogP contribution in [0.4, 0.5) is 11.4 Å². The van der Waals surface area contributed by atoms with E-state index in [4.69, 9.17) is 4.74 Å². The molecule has 2 aromatic carbocycles. The van der Waals surface area contributed by atoms with Crippen molar-refractivity contribution in [2.24, 2.45) is 0 Å². The summed E-state index contributed by atoms with van der Waals surface area (Å²) in [4.78, 5) is 25.0. The number of rotatable bonds is 9. The molecular weight excluding hydrogens is 388 g/mol. The Morgan fingerprint density at radius 3 is 2.68 bits per heavy atom. The second-order valence-electron chi connectivity index (χ2n) is 7.92. The first kappa shape index (κ1) is 22.6. The molecule has 3 rings (SSSR count). The highest BCUT2D eigenvalue weighted by molar-refractivity contribution is 5.99. The van der Waals surface area contributed by atoms with E-state index in [0.717, 1.165) is 41.9 Å². The van der Waals surface area contributed by atoms with Crippen molar-refractivity contribution in [1.82, 2.24) is 0 Å². The van der Waals surface area contributed by atoms with Crippen LogP contribution in [0.15, 0.2) is 54.1 Å². The van der Waals surface area contributed by atoms with Gasteiger partial charge < -0.3 is 15.4 Å². The Morgan fingerprint density at radius 2 is 1.90 bits per heavy atom. The SMILES string of the molecule is CCc1cccc(C)c1NC(=O)COC(=O)c1ccccc1NCCC1=CCCCC1. The van der Waals surface area contributed by atoms with E-state index in [0.29, 0.717) is 5.56 Å². The van der Waals surface area contributed by atoms with Gasteiger partial charge in [0.25, 0.3) is 5.91 Å². The average Bonchev–Trinajstić information content (AvgIpc) is 2.80. The first-order valence-electron chi connectivity index (χ1n) is 11.1. The number of hydrogen-bond donors (Lipinski definition) is 2. The van der Waals surface area contributed by atoms with Gasteiger partial charge in [0.1, 0.15) is 0 Å². The summed E-state index contributed by atoms with van der Waals surface area (Å²) in [6.07, 6.45) is 9.00. The van der Waals surface area contributed by atoms with Gasteiger partial charge >= 0.3 is 5.97 Å². The molecule has 5 nitrogen and oxygen atoms in total. The van der Waals surface area contributed by atoms with Crippen LogP contribution in [-0.2, 0) is 16.0 Å². The van der Waals surface area contributed by atoms with Gasteiger partial charge in [0.15, 0.2) is 6.61 Å². The number of anilines is 2. The summed E-state index contributed by atoms with van der Waals surface area (Å²) in [5, 5.41) is 6.23. The van der Waals surface area contributed by atoms with E-state index in [-0.39, 0.29) is 12.5 Å². The van der Waals surface area contributed by atoms with Crippen molar-refractivity contribution < 1.29 is 14.3 Å². The van der Waals surface area contributed by atoms with E-state index in [2.05, 4.69) is 16.7 Å². The summed E-state index contributed by atoms with van der Waals surface area (Å²) in [5.74, 6) is -0.845. The third-order valence-corrected chi connectivity index (χ3v) is 5.63. The highest BCUT2D eigenvalue weighted by atomic mass is 16.5. The number of carbonyl (C=O) groups excluding carboxylic acids is 2. The van der Waals surface area contributed by atoms with E-state index in [9.17, 15) is 9.59 Å². The molecule has 164 valence electrons. The lowest BCUT2D eigenvalue weighted by molar-refractivity contribution is -0.119. The van der Waals surface area contributed by atoms with Crippen molar-refractivity contribution >= 4 is 23.3 Å². The van der Waals surface area contributed by atoms with Crippen LogP contribution < -0.4 is 10.6 Å². The number of carbonyl (C=O) groups is 2. The number of esters is 1. The molecule has 0 aromatic heterocycles. The molecule has 0 atom stereocenters. The molecule has 0 bridgehead atoms.